The molecule has 0 bridgehead atoms. The summed E-state index contributed by atoms with van der Waals surface area (Å²) in [5.74, 6) is 0.819. The molecule has 2 nitrogen and oxygen atoms in total. The highest BCUT2D eigenvalue weighted by Crippen LogP contribution is 2.32. The van der Waals surface area contributed by atoms with Gasteiger partial charge in [0.15, 0.2) is 0 Å². The van der Waals surface area contributed by atoms with Crippen molar-refractivity contribution in [1.82, 2.24) is 4.90 Å². The summed E-state index contributed by atoms with van der Waals surface area (Å²) >= 11 is 0. The van der Waals surface area contributed by atoms with Crippen molar-refractivity contribution >= 4 is 0 Å². The van der Waals surface area contributed by atoms with Crippen LogP contribution in [-0.2, 0) is 4.74 Å². The van der Waals surface area contributed by atoms with Crippen LogP contribution in [0.25, 0.3) is 0 Å². The Balaban J connectivity index is 2.03. The van der Waals surface area contributed by atoms with Gasteiger partial charge >= 0.3 is 0 Å². The van der Waals surface area contributed by atoms with Crippen LogP contribution >= 0.6 is 0 Å². The lowest BCUT2D eigenvalue weighted by atomic mass is 9.83. The van der Waals surface area contributed by atoms with E-state index in [-0.39, 0.29) is 0 Å². The molecule has 12 heavy (non-hydrogen) atoms. The Morgan fingerprint density at radius 1 is 1.25 bits per heavy atom. The van der Waals surface area contributed by atoms with Gasteiger partial charge in [0.05, 0.1) is 6.61 Å². The fourth-order valence-corrected chi connectivity index (χ4v) is 2.57. The number of fused-ring (bicyclic) bond motifs is 1. The fourth-order valence-electron chi connectivity index (χ4n) is 2.57. The molecule has 2 aliphatic rings. The third kappa shape index (κ3) is 1.38. The molecule has 1 heterocycles. The van der Waals surface area contributed by atoms with Crippen LogP contribution in [0.3, 0.4) is 0 Å². The molecular formula is C10H19NO. The molecule has 0 unspecified atom stereocenters. The molecule has 1 aliphatic carbocycles. The predicted octanol–water partition coefficient (Wildman–Crippen LogP) is 1.85. The van der Waals surface area contributed by atoms with E-state index in [1.54, 1.807) is 0 Å². The lowest BCUT2D eigenvalue weighted by Crippen LogP contribution is -2.52. The van der Waals surface area contributed by atoms with Crippen molar-refractivity contribution in [1.29, 1.82) is 0 Å². The van der Waals surface area contributed by atoms with Gasteiger partial charge in [0.1, 0.15) is 6.23 Å². The third-order valence-electron chi connectivity index (χ3n) is 3.52. The van der Waals surface area contributed by atoms with Gasteiger partial charge in [0.2, 0.25) is 0 Å². The summed E-state index contributed by atoms with van der Waals surface area (Å²) in [6.07, 6.45) is 5.92. The molecule has 2 fully saturated rings. The molecule has 2 rings (SSSR count). The Kier molecular flexibility index (Phi) is 2.37. The summed E-state index contributed by atoms with van der Waals surface area (Å²) in [6, 6.07) is 0.808. The van der Waals surface area contributed by atoms with Gasteiger partial charge in [-0.2, -0.15) is 0 Å². The van der Waals surface area contributed by atoms with E-state index in [0.717, 1.165) is 18.6 Å². The van der Waals surface area contributed by atoms with Crippen molar-refractivity contribution < 1.29 is 4.74 Å². The van der Waals surface area contributed by atoms with Crippen LogP contribution in [0.1, 0.15) is 32.6 Å². The maximum atomic E-state index is 5.69. The quantitative estimate of drug-likeness (QED) is 0.549. The van der Waals surface area contributed by atoms with E-state index in [2.05, 4.69) is 18.9 Å². The first-order chi connectivity index (χ1) is 5.79. The summed E-state index contributed by atoms with van der Waals surface area (Å²) in [7, 11) is 2.20. The lowest BCUT2D eigenvalue weighted by molar-refractivity contribution is -0.138. The van der Waals surface area contributed by atoms with E-state index < -0.39 is 0 Å². The second-order valence-electron chi connectivity index (χ2n) is 4.21. The van der Waals surface area contributed by atoms with Crippen LogP contribution in [0.5, 0.6) is 0 Å². The standard InChI is InChI=1S/C10H19NO/c1-8-11(2)10-6-4-3-5-9(10)7-12-8/h8-10H,3-7H2,1-2H3/t8-,9+,10+/m0/s1. The first-order valence-corrected chi connectivity index (χ1v) is 5.12. The zero-order valence-electron chi connectivity index (χ0n) is 8.12. The largest absolute Gasteiger partial charge is 0.363 e. The third-order valence-corrected chi connectivity index (χ3v) is 3.52. The molecule has 0 aromatic carbocycles. The van der Waals surface area contributed by atoms with E-state index in [1.807, 2.05) is 0 Å². The van der Waals surface area contributed by atoms with Crippen LogP contribution in [0, 0.1) is 5.92 Å². The number of hydrogen-bond acceptors (Lipinski definition) is 2. The fraction of sp³-hybridized carbons (Fsp3) is 1.00. The van der Waals surface area contributed by atoms with Crippen molar-refractivity contribution in [2.24, 2.45) is 5.92 Å². The highest BCUT2D eigenvalue weighted by Gasteiger charge is 2.34. The minimum absolute atomic E-state index is 0.337. The molecular weight excluding hydrogens is 150 g/mol. The van der Waals surface area contributed by atoms with Gasteiger partial charge in [-0.3, -0.25) is 4.90 Å². The van der Waals surface area contributed by atoms with E-state index in [4.69, 9.17) is 4.74 Å². The zero-order chi connectivity index (χ0) is 8.55. The monoisotopic (exact) mass is 169 g/mol. The Morgan fingerprint density at radius 3 is 2.83 bits per heavy atom. The van der Waals surface area contributed by atoms with Crippen molar-refractivity contribution in [3.63, 3.8) is 0 Å². The Morgan fingerprint density at radius 2 is 2.00 bits per heavy atom. The van der Waals surface area contributed by atoms with E-state index in [1.165, 1.54) is 25.7 Å². The number of nitrogens with zero attached hydrogens (tertiary/aromatic N) is 1. The van der Waals surface area contributed by atoms with Gasteiger partial charge < -0.3 is 4.74 Å². The summed E-state index contributed by atoms with van der Waals surface area (Å²) in [5, 5.41) is 0. The molecule has 0 radical (unpaired) electrons. The number of rotatable bonds is 0. The molecule has 3 atom stereocenters. The van der Waals surface area contributed by atoms with Gasteiger partial charge in [-0.25, -0.2) is 0 Å². The second-order valence-corrected chi connectivity index (χ2v) is 4.21. The van der Waals surface area contributed by atoms with Crippen molar-refractivity contribution in [3.8, 4) is 0 Å². The second kappa shape index (κ2) is 3.35. The predicted molar refractivity (Wildman–Crippen MR) is 48.9 cm³/mol. The molecule has 1 saturated heterocycles. The van der Waals surface area contributed by atoms with E-state index in [0.29, 0.717) is 6.23 Å². The lowest BCUT2D eigenvalue weighted by Gasteiger charge is -2.45. The normalized spacial score (nSPS) is 44.0. The minimum Gasteiger partial charge on any atom is -0.363 e. The Labute approximate surface area is 74.9 Å². The summed E-state index contributed by atoms with van der Waals surface area (Å²) in [4.78, 5) is 2.41. The van der Waals surface area contributed by atoms with Crippen LogP contribution in [0.4, 0.5) is 0 Å². The smallest absolute Gasteiger partial charge is 0.107 e. The first-order valence-electron chi connectivity index (χ1n) is 5.12. The summed E-state index contributed by atoms with van der Waals surface area (Å²) in [6.45, 7) is 3.15. The molecule has 0 aromatic heterocycles. The van der Waals surface area contributed by atoms with Gasteiger partial charge in [-0.05, 0) is 32.7 Å². The topological polar surface area (TPSA) is 12.5 Å². The summed E-state index contributed by atoms with van der Waals surface area (Å²) < 4.78 is 5.69. The molecule has 2 heteroatoms. The van der Waals surface area contributed by atoms with Crippen LogP contribution in [-0.4, -0.2) is 30.8 Å². The van der Waals surface area contributed by atoms with E-state index >= 15 is 0 Å². The van der Waals surface area contributed by atoms with Crippen molar-refractivity contribution in [3.05, 3.63) is 0 Å². The van der Waals surface area contributed by atoms with Gasteiger partial charge in [0, 0.05) is 6.04 Å². The maximum absolute atomic E-state index is 5.69. The van der Waals surface area contributed by atoms with Crippen molar-refractivity contribution in [2.75, 3.05) is 13.7 Å². The molecule has 0 spiro atoms. The number of hydrogen-bond donors (Lipinski definition) is 0. The zero-order valence-corrected chi connectivity index (χ0v) is 8.12. The maximum Gasteiger partial charge on any atom is 0.107 e. The molecule has 0 N–H and O–H groups in total. The Hall–Kier alpha value is -0.0800. The van der Waals surface area contributed by atoms with Gasteiger partial charge in [-0.1, -0.05) is 12.8 Å². The minimum atomic E-state index is 0.337. The molecule has 0 aromatic rings. The van der Waals surface area contributed by atoms with Gasteiger partial charge in [-0.15, -0.1) is 0 Å². The first kappa shape index (κ1) is 8.52. The number of ether oxygens (including phenoxy) is 1. The van der Waals surface area contributed by atoms with Crippen LogP contribution in [0.15, 0.2) is 0 Å². The molecule has 0 amide bonds. The summed E-state index contributed by atoms with van der Waals surface area (Å²) in [5.41, 5.74) is 0. The van der Waals surface area contributed by atoms with Crippen LogP contribution in [0.2, 0.25) is 0 Å². The Bertz CT molecular complexity index is 158. The molecule has 1 aliphatic heterocycles. The average molecular weight is 169 g/mol. The van der Waals surface area contributed by atoms with Crippen molar-refractivity contribution in [2.45, 2.75) is 44.9 Å². The highest BCUT2D eigenvalue weighted by atomic mass is 16.5. The SMILES string of the molecule is C[C@@H]1OC[C@H]2CCCC[C@H]2N1C. The average Bonchev–Trinajstić information content (AvgIpc) is 2.12. The molecule has 1 saturated carbocycles. The van der Waals surface area contributed by atoms with Crippen LogP contribution < -0.4 is 0 Å². The molecule has 70 valence electrons. The van der Waals surface area contributed by atoms with E-state index in [9.17, 15) is 0 Å². The highest BCUT2D eigenvalue weighted by molar-refractivity contribution is 4.85. The van der Waals surface area contributed by atoms with Gasteiger partial charge in [0.25, 0.3) is 0 Å².